The highest BCUT2D eigenvalue weighted by Crippen LogP contribution is 2.35. The predicted octanol–water partition coefficient (Wildman–Crippen LogP) is 3.94. The highest BCUT2D eigenvalue weighted by Gasteiger charge is 2.25. The molecule has 1 aliphatic rings. The first-order valence-corrected chi connectivity index (χ1v) is 12.3. The molecule has 1 saturated carbocycles. The van der Waals surface area contributed by atoms with E-state index in [0.29, 0.717) is 41.2 Å². The summed E-state index contributed by atoms with van der Waals surface area (Å²) in [4.78, 5) is 31.0. The van der Waals surface area contributed by atoms with Crippen molar-refractivity contribution in [1.29, 1.82) is 0 Å². The van der Waals surface area contributed by atoms with Gasteiger partial charge in [-0.05, 0) is 56.2 Å². The van der Waals surface area contributed by atoms with Crippen LogP contribution in [-0.2, 0) is 4.79 Å². The lowest BCUT2D eigenvalue weighted by Gasteiger charge is -2.28. The molecule has 1 aliphatic carbocycles. The number of hydrogen-bond donors (Lipinski definition) is 1. The molecule has 0 radical (unpaired) electrons. The van der Waals surface area contributed by atoms with Crippen molar-refractivity contribution < 1.29 is 14.3 Å². The predicted molar refractivity (Wildman–Crippen MR) is 136 cm³/mol. The number of nitrogens with one attached hydrogen (secondary N) is 1. The van der Waals surface area contributed by atoms with Crippen LogP contribution in [0.3, 0.4) is 0 Å². The van der Waals surface area contributed by atoms with Crippen LogP contribution in [0.25, 0.3) is 16.6 Å². The Hall–Kier alpha value is -3.95. The van der Waals surface area contributed by atoms with Gasteiger partial charge in [-0.1, -0.05) is 0 Å². The molecule has 1 fully saturated rings. The summed E-state index contributed by atoms with van der Waals surface area (Å²) in [5, 5.41) is 12.8. The monoisotopic (exact) mass is 489 g/mol. The third-order valence-corrected chi connectivity index (χ3v) is 7.06. The van der Waals surface area contributed by atoms with Crippen LogP contribution in [-0.4, -0.2) is 62.3 Å². The number of hydrogen-bond acceptors (Lipinski definition) is 6. The smallest absolute Gasteiger partial charge is 0.260 e. The van der Waals surface area contributed by atoms with Gasteiger partial charge in [0.15, 0.2) is 11.5 Å². The molecule has 4 aromatic rings. The van der Waals surface area contributed by atoms with Crippen molar-refractivity contribution in [3.05, 3.63) is 48.4 Å². The Kier molecular flexibility index (Phi) is 6.58. The second kappa shape index (κ2) is 9.96. The van der Waals surface area contributed by atoms with Gasteiger partial charge in [0.1, 0.15) is 5.75 Å². The zero-order valence-corrected chi connectivity index (χ0v) is 20.8. The van der Waals surface area contributed by atoms with Crippen molar-refractivity contribution in [3.63, 3.8) is 0 Å². The van der Waals surface area contributed by atoms with Crippen molar-refractivity contribution in [1.82, 2.24) is 29.3 Å². The number of methoxy groups -OCH3 is 1. The summed E-state index contributed by atoms with van der Waals surface area (Å²) in [6, 6.07) is 7.56. The summed E-state index contributed by atoms with van der Waals surface area (Å²) >= 11 is 0. The van der Waals surface area contributed by atoms with E-state index in [1.54, 1.807) is 35.0 Å². The molecule has 1 aromatic carbocycles. The second-order valence-corrected chi connectivity index (χ2v) is 9.61. The lowest BCUT2D eigenvalue weighted by atomic mass is 9.83. The minimum atomic E-state index is -0.304. The zero-order valence-electron chi connectivity index (χ0n) is 20.8. The first kappa shape index (κ1) is 23.8. The fourth-order valence-corrected chi connectivity index (χ4v) is 4.95. The number of fused-ring (bicyclic) bond motifs is 2. The zero-order chi connectivity index (χ0) is 25.2. The van der Waals surface area contributed by atoms with Crippen LogP contribution in [0.1, 0.15) is 54.9 Å². The molecule has 10 heteroatoms. The maximum Gasteiger partial charge on any atom is 0.260 e. The molecule has 0 bridgehead atoms. The van der Waals surface area contributed by atoms with E-state index in [0.717, 1.165) is 43.0 Å². The lowest BCUT2D eigenvalue weighted by Crippen LogP contribution is -2.23. The van der Waals surface area contributed by atoms with Crippen LogP contribution in [0.15, 0.2) is 42.9 Å². The number of carbonyl (C=O) groups is 2. The first-order chi connectivity index (χ1) is 17.4. The maximum absolute atomic E-state index is 13.2. The van der Waals surface area contributed by atoms with Crippen LogP contribution in [0.5, 0.6) is 5.75 Å². The van der Waals surface area contributed by atoms with Crippen molar-refractivity contribution in [2.75, 3.05) is 26.5 Å². The number of imidazole rings is 1. The van der Waals surface area contributed by atoms with Gasteiger partial charge in [-0.2, -0.15) is 14.7 Å². The van der Waals surface area contributed by atoms with Crippen molar-refractivity contribution >= 4 is 34.2 Å². The van der Waals surface area contributed by atoms with E-state index in [1.807, 2.05) is 43.2 Å². The van der Waals surface area contributed by atoms with E-state index in [-0.39, 0.29) is 11.8 Å². The summed E-state index contributed by atoms with van der Waals surface area (Å²) in [5.74, 6) is 1.42. The Labute approximate surface area is 209 Å². The van der Waals surface area contributed by atoms with Crippen LogP contribution < -0.4 is 10.1 Å². The lowest BCUT2D eigenvalue weighted by molar-refractivity contribution is -0.129. The summed E-state index contributed by atoms with van der Waals surface area (Å²) < 4.78 is 9.14. The Bertz CT molecular complexity index is 1400. The van der Waals surface area contributed by atoms with Crippen molar-refractivity contribution in [2.24, 2.45) is 5.92 Å². The molecule has 36 heavy (non-hydrogen) atoms. The van der Waals surface area contributed by atoms with Gasteiger partial charge in [0.25, 0.3) is 5.91 Å². The van der Waals surface area contributed by atoms with Gasteiger partial charge < -0.3 is 15.0 Å². The highest BCUT2D eigenvalue weighted by molar-refractivity contribution is 6.08. The quantitative estimate of drug-likeness (QED) is 0.421. The summed E-state index contributed by atoms with van der Waals surface area (Å²) in [6.45, 7) is 0. The van der Waals surface area contributed by atoms with Gasteiger partial charge in [-0.25, -0.2) is 4.98 Å². The van der Waals surface area contributed by atoms with Gasteiger partial charge in [0.2, 0.25) is 5.91 Å². The number of nitrogens with zero attached hydrogens (tertiary/aromatic N) is 6. The van der Waals surface area contributed by atoms with Crippen LogP contribution in [0.2, 0.25) is 0 Å². The SMILES string of the molecule is COc1cc2nn(C3CCC(CCC(=O)N(C)C)CC3)cc2cc1C(=O)Nc1cnc2cccnn12. The van der Waals surface area contributed by atoms with E-state index in [1.165, 1.54) is 0 Å². The van der Waals surface area contributed by atoms with Gasteiger partial charge in [-0.3, -0.25) is 14.3 Å². The molecule has 10 nitrogen and oxygen atoms in total. The van der Waals surface area contributed by atoms with Crippen LogP contribution >= 0.6 is 0 Å². The standard InChI is InChI=1S/C26H31N7O3/c1-31(2)25(34)11-8-17-6-9-19(10-7-17)32-16-18-13-20(22(36-3)14-21(18)30-32)26(35)29-24-15-27-23-5-4-12-28-33(23)24/h4-5,12-17,19H,6-11H2,1-3H3,(H,29,35). The molecule has 2 amide bonds. The first-order valence-electron chi connectivity index (χ1n) is 12.3. The van der Waals surface area contributed by atoms with E-state index in [2.05, 4.69) is 15.4 Å². The largest absolute Gasteiger partial charge is 0.496 e. The molecule has 3 aromatic heterocycles. The number of benzene rings is 1. The van der Waals surface area contributed by atoms with Crippen LogP contribution in [0, 0.1) is 5.92 Å². The number of carbonyl (C=O) groups excluding carboxylic acids is 2. The second-order valence-electron chi connectivity index (χ2n) is 9.61. The summed E-state index contributed by atoms with van der Waals surface area (Å²) in [7, 11) is 5.17. The van der Waals surface area contributed by atoms with Gasteiger partial charge in [0.05, 0.1) is 30.4 Å². The number of ether oxygens (including phenoxy) is 1. The van der Waals surface area contributed by atoms with Crippen LogP contribution in [0.4, 0.5) is 5.82 Å². The maximum atomic E-state index is 13.2. The Balaban J connectivity index is 1.30. The summed E-state index contributed by atoms with van der Waals surface area (Å²) in [5.41, 5.74) is 1.86. The molecular formula is C26H31N7O3. The van der Waals surface area contributed by atoms with Gasteiger partial charge in [0, 0.05) is 44.4 Å². The Morgan fingerprint density at radius 3 is 2.75 bits per heavy atom. The van der Waals surface area contributed by atoms with E-state index in [9.17, 15) is 9.59 Å². The molecule has 1 N–H and O–H groups in total. The molecule has 0 atom stereocenters. The summed E-state index contributed by atoms with van der Waals surface area (Å²) in [6.07, 6.45) is 11.0. The number of anilines is 1. The topological polar surface area (TPSA) is 107 Å². The molecule has 5 rings (SSSR count). The van der Waals surface area contributed by atoms with Crippen molar-refractivity contribution in [2.45, 2.75) is 44.6 Å². The fourth-order valence-electron chi connectivity index (χ4n) is 4.95. The third kappa shape index (κ3) is 4.75. The average Bonchev–Trinajstić information content (AvgIpc) is 3.50. The highest BCUT2D eigenvalue weighted by atomic mass is 16.5. The normalized spacial score (nSPS) is 17.9. The van der Waals surface area contributed by atoms with Gasteiger partial charge in [-0.15, -0.1) is 0 Å². The number of rotatable bonds is 7. The van der Waals surface area contributed by atoms with E-state index < -0.39 is 0 Å². The molecule has 188 valence electrons. The third-order valence-electron chi connectivity index (χ3n) is 7.06. The number of amides is 2. The molecule has 0 saturated heterocycles. The molecular weight excluding hydrogens is 458 g/mol. The number of aromatic nitrogens is 5. The minimum absolute atomic E-state index is 0.196. The molecule has 3 heterocycles. The van der Waals surface area contributed by atoms with E-state index in [4.69, 9.17) is 9.84 Å². The average molecular weight is 490 g/mol. The molecule has 0 spiro atoms. The molecule has 0 unspecified atom stereocenters. The van der Waals surface area contributed by atoms with E-state index >= 15 is 0 Å². The molecule has 0 aliphatic heterocycles. The Morgan fingerprint density at radius 2 is 2.00 bits per heavy atom. The minimum Gasteiger partial charge on any atom is -0.496 e. The Morgan fingerprint density at radius 1 is 1.19 bits per heavy atom. The van der Waals surface area contributed by atoms with Crippen molar-refractivity contribution in [3.8, 4) is 5.75 Å². The van der Waals surface area contributed by atoms with Gasteiger partial charge >= 0.3 is 0 Å². The fraction of sp³-hybridized carbons (Fsp3) is 0.423.